The molecule has 0 radical (unpaired) electrons. The first-order valence-electron chi connectivity index (χ1n) is 5.12. The second-order valence-electron chi connectivity index (χ2n) is 3.87. The summed E-state index contributed by atoms with van der Waals surface area (Å²) in [5, 5.41) is 11.4. The Hall–Kier alpha value is -1.71. The van der Waals surface area contributed by atoms with E-state index in [0.717, 1.165) is 12.4 Å². The number of H-pyrrole nitrogens is 1. The number of nitrogens with zero attached hydrogens (tertiary/aromatic N) is 3. The monoisotopic (exact) mass is 203 g/mol. The first kappa shape index (κ1) is 9.83. The lowest BCUT2D eigenvalue weighted by molar-refractivity contribution is -0.798. The molecule has 1 aromatic heterocycles. The van der Waals surface area contributed by atoms with E-state index >= 15 is 0 Å². The Bertz CT molecular complexity index is 419. The highest BCUT2D eigenvalue weighted by Gasteiger charge is 2.14. The summed E-state index contributed by atoms with van der Waals surface area (Å²) in [6, 6.07) is 10.2. The molecule has 0 saturated heterocycles. The van der Waals surface area contributed by atoms with Gasteiger partial charge in [0.2, 0.25) is 0 Å². The molecule has 2 rings (SSSR count). The van der Waals surface area contributed by atoms with E-state index < -0.39 is 0 Å². The predicted octanol–water partition coefficient (Wildman–Crippen LogP) is 1.26. The molecule has 0 spiro atoms. The highest BCUT2D eigenvalue weighted by Crippen LogP contribution is 2.04. The zero-order valence-electron chi connectivity index (χ0n) is 9.01. The van der Waals surface area contributed by atoms with Gasteiger partial charge < -0.3 is 0 Å². The van der Waals surface area contributed by atoms with Crippen molar-refractivity contribution in [1.82, 2.24) is 15.4 Å². The largest absolute Gasteiger partial charge is 0.310 e. The first-order chi connectivity index (χ1) is 7.25. The van der Waals surface area contributed by atoms with E-state index in [2.05, 4.69) is 41.4 Å². The number of aromatic amines is 1. The van der Waals surface area contributed by atoms with Crippen LogP contribution in [0.15, 0.2) is 30.3 Å². The van der Waals surface area contributed by atoms with Gasteiger partial charge in [-0.25, -0.2) is 0 Å². The fourth-order valence-corrected chi connectivity index (χ4v) is 1.35. The average Bonchev–Trinajstić information content (AvgIpc) is 2.68. The molecule has 0 bridgehead atoms. The van der Waals surface area contributed by atoms with Crippen LogP contribution in [-0.2, 0) is 6.54 Å². The molecule has 0 saturated carbocycles. The summed E-state index contributed by atoms with van der Waals surface area (Å²) in [4.78, 5) is 1.75. The molecule has 2 aromatic rings. The van der Waals surface area contributed by atoms with E-state index in [4.69, 9.17) is 0 Å². The maximum absolute atomic E-state index is 4.36. The van der Waals surface area contributed by atoms with E-state index in [1.54, 1.807) is 4.80 Å². The molecule has 1 aromatic carbocycles. The van der Waals surface area contributed by atoms with E-state index in [9.17, 15) is 0 Å². The minimum atomic E-state index is 0.360. The van der Waals surface area contributed by atoms with Crippen molar-refractivity contribution < 1.29 is 4.80 Å². The molecule has 0 atom stereocenters. The number of hydrogen-bond acceptors (Lipinski definition) is 2. The highest BCUT2D eigenvalue weighted by molar-refractivity contribution is 5.12. The molecule has 0 aliphatic carbocycles. The van der Waals surface area contributed by atoms with Gasteiger partial charge in [0.15, 0.2) is 6.54 Å². The molecule has 15 heavy (non-hydrogen) atoms. The molecule has 4 heteroatoms. The lowest BCUT2D eigenvalue weighted by Crippen LogP contribution is -2.39. The van der Waals surface area contributed by atoms with Crippen molar-refractivity contribution in [3.8, 4) is 0 Å². The Labute approximate surface area is 88.9 Å². The molecule has 1 N–H and O–H groups in total. The third-order valence-corrected chi connectivity index (χ3v) is 2.19. The van der Waals surface area contributed by atoms with Crippen molar-refractivity contribution in [2.24, 2.45) is 0 Å². The van der Waals surface area contributed by atoms with Crippen molar-refractivity contribution in [1.29, 1.82) is 0 Å². The quantitative estimate of drug-likeness (QED) is 0.763. The number of hydrogen-bond donors (Lipinski definition) is 1. The van der Waals surface area contributed by atoms with Gasteiger partial charge in [-0.15, -0.1) is 0 Å². The molecular formula is C11H15N4+. The molecule has 4 nitrogen and oxygen atoms in total. The third-order valence-electron chi connectivity index (χ3n) is 2.19. The van der Waals surface area contributed by atoms with Gasteiger partial charge in [-0.1, -0.05) is 49.0 Å². The standard InChI is InChI=1S/C11H14N4/c1-9(2)11-12-14-15(13-11)8-10-6-4-3-5-7-10/h3-7,9H,8H2,1-2H3/p+1. The topological polar surface area (TPSA) is 45.5 Å². The summed E-state index contributed by atoms with van der Waals surface area (Å²) < 4.78 is 0. The minimum Gasteiger partial charge on any atom is -0.0622 e. The van der Waals surface area contributed by atoms with Crippen LogP contribution in [0.4, 0.5) is 0 Å². The van der Waals surface area contributed by atoms with E-state index in [-0.39, 0.29) is 0 Å². The van der Waals surface area contributed by atoms with Gasteiger partial charge in [-0.2, -0.15) is 0 Å². The first-order valence-corrected chi connectivity index (χ1v) is 5.12. The fraction of sp³-hybridized carbons (Fsp3) is 0.364. The molecule has 0 fully saturated rings. The lowest BCUT2D eigenvalue weighted by Gasteiger charge is -1.93. The van der Waals surface area contributed by atoms with Crippen molar-refractivity contribution in [3.05, 3.63) is 41.7 Å². The van der Waals surface area contributed by atoms with Crippen LogP contribution in [-0.4, -0.2) is 15.4 Å². The van der Waals surface area contributed by atoms with Crippen molar-refractivity contribution in [3.63, 3.8) is 0 Å². The number of rotatable bonds is 3. The molecule has 0 aliphatic rings. The molecule has 0 aliphatic heterocycles. The van der Waals surface area contributed by atoms with E-state index in [1.165, 1.54) is 5.56 Å². The summed E-state index contributed by atoms with van der Waals surface area (Å²) in [6.07, 6.45) is 0. The van der Waals surface area contributed by atoms with E-state index in [1.807, 2.05) is 18.2 Å². The van der Waals surface area contributed by atoms with Crippen molar-refractivity contribution in [2.75, 3.05) is 0 Å². The van der Waals surface area contributed by atoms with Gasteiger partial charge >= 0.3 is 5.82 Å². The zero-order valence-corrected chi connectivity index (χ0v) is 9.01. The van der Waals surface area contributed by atoms with Crippen LogP contribution in [0.1, 0.15) is 31.2 Å². The molecule has 78 valence electrons. The van der Waals surface area contributed by atoms with E-state index in [0.29, 0.717) is 5.92 Å². The summed E-state index contributed by atoms with van der Waals surface area (Å²) in [5.41, 5.74) is 1.22. The summed E-state index contributed by atoms with van der Waals surface area (Å²) in [6.45, 7) is 4.90. The Morgan fingerprint density at radius 2 is 2.00 bits per heavy atom. The zero-order chi connectivity index (χ0) is 10.7. The highest BCUT2D eigenvalue weighted by atomic mass is 15.6. The minimum absolute atomic E-state index is 0.360. The average molecular weight is 203 g/mol. The second kappa shape index (κ2) is 4.21. The van der Waals surface area contributed by atoms with Crippen LogP contribution in [0.5, 0.6) is 0 Å². The predicted molar refractivity (Wildman–Crippen MR) is 56.2 cm³/mol. The number of benzene rings is 1. The van der Waals surface area contributed by atoms with Gasteiger partial charge in [0, 0.05) is 5.92 Å². The number of nitrogens with one attached hydrogen (secondary N) is 1. The van der Waals surface area contributed by atoms with Gasteiger partial charge in [-0.05, 0) is 15.9 Å². The Morgan fingerprint density at radius 1 is 1.27 bits per heavy atom. The Morgan fingerprint density at radius 3 is 2.60 bits per heavy atom. The van der Waals surface area contributed by atoms with Crippen LogP contribution in [0.3, 0.4) is 0 Å². The maximum Gasteiger partial charge on any atom is 0.310 e. The smallest absolute Gasteiger partial charge is 0.0622 e. The third kappa shape index (κ3) is 2.40. The lowest BCUT2D eigenvalue weighted by atomic mass is 10.2. The number of tetrazole rings is 1. The Balaban J connectivity index is 2.12. The van der Waals surface area contributed by atoms with Crippen molar-refractivity contribution in [2.45, 2.75) is 26.3 Å². The molecular weight excluding hydrogens is 188 g/mol. The molecule has 0 unspecified atom stereocenters. The van der Waals surface area contributed by atoms with Crippen molar-refractivity contribution >= 4 is 0 Å². The van der Waals surface area contributed by atoms with Gasteiger partial charge in [0.05, 0.1) is 5.10 Å². The van der Waals surface area contributed by atoms with Crippen LogP contribution >= 0.6 is 0 Å². The summed E-state index contributed by atoms with van der Waals surface area (Å²) in [7, 11) is 0. The second-order valence-corrected chi connectivity index (χ2v) is 3.87. The molecule has 0 amide bonds. The normalized spacial score (nSPS) is 10.9. The summed E-state index contributed by atoms with van der Waals surface area (Å²) >= 11 is 0. The van der Waals surface area contributed by atoms with Gasteiger partial charge in [0.1, 0.15) is 0 Å². The maximum atomic E-state index is 4.36. The van der Waals surface area contributed by atoms with Crippen LogP contribution in [0, 0.1) is 0 Å². The van der Waals surface area contributed by atoms with Crippen LogP contribution in [0.25, 0.3) is 0 Å². The Kier molecular flexibility index (Phi) is 2.76. The van der Waals surface area contributed by atoms with Gasteiger partial charge in [0.25, 0.3) is 0 Å². The van der Waals surface area contributed by atoms with Gasteiger partial charge in [-0.3, -0.25) is 0 Å². The fourth-order valence-electron chi connectivity index (χ4n) is 1.35. The van der Waals surface area contributed by atoms with Crippen LogP contribution in [0.2, 0.25) is 0 Å². The number of aromatic nitrogens is 4. The molecule has 1 heterocycles. The SMILES string of the molecule is CC(C)c1n[nH][n+](Cc2ccccc2)n1. The van der Waals surface area contributed by atoms with Crippen LogP contribution < -0.4 is 4.80 Å². The summed E-state index contributed by atoms with van der Waals surface area (Å²) in [5.74, 6) is 1.21.